The molecule has 4 unspecified atom stereocenters. The Morgan fingerprint density at radius 3 is 2.43 bits per heavy atom. The summed E-state index contributed by atoms with van der Waals surface area (Å²) in [6.07, 6.45) is 7.40. The monoisotopic (exact) mass is 194 g/mol. The minimum atomic E-state index is 0.683. The lowest BCUT2D eigenvalue weighted by atomic mass is 9.43. The van der Waals surface area contributed by atoms with Crippen LogP contribution in [0.3, 0.4) is 0 Å². The Kier molecular flexibility index (Phi) is 2.66. The Hall–Kier alpha value is 0. The van der Waals surface area contributed by atoms with Crippen LogP contribution in [0.1, 0.15) is 59.8 Å². The Morgan fingerprint density at radius 2 is 1.93 bits per heavy atom. The Bertz CT molecular complexity index is 204. The third-order valence-corrected chi connectivity index (χ3v) is 5.44. The summed E-state index contributed by atoms with van der Waals surface area (Å²) < 4.78 is 0. The summed E-state index contributed by atoms with van der Waals surface area (Å²) >= 11 is 0. The summed E-state index contributed by atoms with van der Waals surface area (Å²) in [4.78, 5) is 0. The van der Waals surface area contributed by atoms with Gasteiger partial charge in [-0.05, 0) is 41.9 Å². The van der Waals surface area contributed by atoms with Crippen LogP contribution < -0.4 is 0 Å². The predicted molar refractivity (Wildman–Crippen MR) is 62.2 cm³/mol. The van der Waals surface area contributed by atoms with Gasteiger partial charge in [0.1, 0.15) is 0 Å². The first-order valence-corrected chi connectivity index (χ1v) is 6.57. The van der Waals surface area contributed by atoms with Crippen molar-refractivity contribution in [1.29, 1.82) is 0 Å². The molecule has 3 aliphatic carbocycles. The lowest BCUT2D eigenvalue weighted by molar-refractivity contribution is -0.130. The summed E-state index contributed by atoms with van der Waals surface area (Å²) in [5.41, 5.74) is 0.683. The molecule has 3 fully saturated rings. The molecule has 0 aliphatic heterocycles. The molecule has 0 aromatic rings. The number of rotatable bonds is 3. The highest BCUT2D eigenvalue weighted by atomic mass is 14.6. The number of hydrogen-bond donors (Lipinski definition) is 0. The zero-order valence-corrected chi connectivity index (χ0v) is 10.3. The van der Waals surface area contributed by atoms with Gasteiger partial charge < -0.3 is 0 Å². The van der Waals surface area contributed by atoms with E-state index in [1.165, 1.54) is 32.1 Å². The number of unbranched alkanes of at least 4 members (excludes halogenated alkanes) is 1. The van der Waals surface area contributed by atoms with Crippen molar-refractivity contribution in [1.82, 2.24) is 0 Å². The van der Waals surface area contributed by atoms with Crippen molar-refractivity contribution in [2.45, 2.75) is 59.8 Å². The van der Waals surface area contributed by atoms with Gasteiger partial charge in [-0.3, -0.25) is 0 Å². The van der Waals surface area contributed by atoms with Crippen LogP contribution in [0.25, 0.3) is 0 Å². The molecule has 0 heterocycles. The SMILES string of the molecule is CCCCC1CC2CC(C1C)C2(C)C. The van der Waals surface area contributed by atoms with Gasteiger partial charge in [0, 0.05) is 0 Å². The van der Waals surface area contributed by atoms with E-state index in [1.54, 1.807) is 0 Å². The molecule has 0 radical (unpaired) electrons. The highest BCUT2D eigenvalue weighted by molar-refractivity contribution is 5.04. The van der Waals surface area contributed by atoms with Crippen LogP contribution in [-0.4, -0.2) is 0 Å². The molecule has 4 atom stereocenters. The summed E-state index contributed by atoms with van der Waals surface area (Å²) in [7, 11) is 0. The fraction of sp³-hybridized carbons (Fsp3) is 1.00. The second-order valence-corrected chi connectivity index (χ2v) is 6.36. The van der Waals surface area contributed by atoms with E-state index in [9.17, 15) is 0 Å². The van der Waals surface area contributed by atoms with Crippen molar-refractivity contribution in [3.63, 3.8) is 0 Å². The van der Waals surface area contributed by atoms with E-state index in [0.29, 0.717) is 5.41 Å². The van der Waals surface area contributed by atoms with Crippen LogP contribution >= 0.6 is 0 Å². The predicted octanol–water partition coefficient (Wildman–Crippen LogP) is 4.49. The van der Waals surface area contributed by atoms with E-state index < -0.39 is 0 Å². The van der Waals surface area contributed by atoms with Crippen molar-refractivity contribution in [3.8, 4) is 0 Å². The Balaban J connectivity index is 1.94. The van der Waals surface area contributed by atoms with E-state index in [-0.39, 0.29) is 0 Å². The molecular formula is C14H26. The molecule has 3 aliphatic rings. The van der Waals surface area contributed by atoms with E-state index in [2.05, 4.69) is 27.7 Å². The van der Waals surface area contributed by atoms with Gasteiger partial charge in [-0.2, -0.15) is 0 Å². The van der Waals surface area contributed by atoms with Gasteiger partial charge in [-0.1, -0.05) is 47.0 Å². The molecule has 2 bridgehead atoms. The Morgan fingerprint density at radius 1 is 1.21 bits per heavy atom. The van der Waals surface area contributed by atoms with Gasteiger partial charge in [-0.15, -0.1) is 0 Å². The molecule has 14 heavy (non-hydrogen) atoms. The Labute approximate surface area is 89.5 Å². The molecule has 3 saturated carbocycles. The molecule has 0 heteroatoms. The first-order valence-electron chi connectivity index (χ1n) is 6.57. The second-order valence-electron chi connectivity index (χ2n) is 6.36. The highest BCUT2D eigenvalue weighted by Crippen LogP contribution is 2.63. The second kappa shape index (κ2) is 3.54. The summed E-state index contributed by atoms with van der Waals surface area (Å²) in [5.74, 6) is 4.17. The molecule has 3 rings (SSSR count). The van der Waals surface area contributed by atoms with Gasteiger partial charge in [0.15, 0.2) is 0 Å². The quantitative estimate of drug-likeness (QED) is 0.621. The molecule has 82 valence electrons. The summed E-state index contributed by atoms with van der Waals surface area (Å²) in [6.45, 7) is 9.83. The highest BCUT2D eigenvalue weighted by Gasteiger charge is 2.55. The van der Waals surface area contributed by atoms with Crippen LogP contribution in [-0.2, 0) is 0 Å². The third kappa shape index (κ3) is 1.42. The van der Waals surface area contributed by atoms with E-state index in [4.69, 9.17) is 0 Å². The molecular weight excluding hydrogens is 168 g/mol. The maximum Gasteiger partial charge on any atom is -0.0295 e. The first kappa shape index (κ1) is 10.5. The van der Waals surface area contributed by atoms with Crippen LogP contribution in [0.15, 0.2) is 0 Å². The zero-order chi connectivity index (χ0) is 10.3. The number of hydrogen-bond acceptors (Lipinski definition) is 0. The smallest absolute Gasteiger partial charge is 0.0295 e. The fourth-order valence-corrected chi connectivity index (χ4v) is 4.10. The van der Waals surface area contributed by atoms with E-state index in [1.807, 2.05) is 0 Å². The van der Waals surface area contributed by atoms with Crippen LogP contribution in [0.2, 0.25) is 0 Å². The van der Waals surface area contributed by atoms with Crippen molar-refractivity contribution in [2.24, 2.45) is 29.1 Å². The summed E-state index contributed by atoms with van der Waals surface area (Å²) in [6, 6.07) is 0. The van der Waals surface area contributed by atoms with E-state index >= 15 is 0 Å². The molecule has 0 aromatic carbocycles. The normalized spacial score (nSPS) is 44.6. The maximum atomic E-state index is 2.52. The van der Waals surface area contributed by atoms with Crippen molar-refractivity contribution >= 4 is 0 Å². The average Bonchev–Trinajstić information content (AvgIpc) is 2.15. The topological polar surface area (TPSA) is 0 Å². The van der Waals surface area contributed by atoms with Crippen LogP contribution in [0.5, 0.6) is 0 Å². The molecule has 0 aromatic heterocycles. The minimum Gasteiger partial charge on any atom is -0.0654 e. The third-order valence-electron chi connectivity index (χ3n) is 5.44. The van der Waals surface area contributed by atoms with Crippen molar-refractivity contribution in [2.75, 3.05) is 0 Å². The van der Waals surface area contributed by atoms with Crippen LogP contribution in [0.4, 0.5) is 0 Å². The molecule has 0 amide bonds. The van der Waals surface area contributed by atoms with Crippen LogP contribution in [0, 0.1) is 29.1 Å². The molecule has 0 nitrogen and oxygen atoms in total. The van der Waals surface area contributed by atoms with Gasteiger partial charge in [0.25, 0.3) is 0 Å². The summed E-state index contributed by atoms with van der Waals surface area (Å²) in [5, 5.41) is 0. The lowest BCUT2D eigenvalue weighted by Gasteiger charge is -2.62. The van der Waals surface area contributed by atoms with Crippen molar-refractivity contribution < 1.29 is 0 Å². The maximum absolute atomic E-state index is 2.52. The first-order chi connectivity index (χ1) is 6.57. The average molecular weight is 194 g/mol. The lowest BCUT2D eigenvalue weighted by Crippen LogP contribution is -2.54. The zero-order valence-electron chi connectivity index (χ0n) is 10.3. The molecule has 0 saturated heterocycles. The van der Waals surface area contributed by atoms with Gasteiger partial charge >= 0.3 is 0 Å². The molecule has 0 N–H and O–H groups in total. The van der Waals surface area contributed by atoms with Gasteiger partial charge in [-0.25, -0.2) is 0 Å². The molecule has 0 spiro atoms. The van der Waals surface area contributed by atoms with Gasteiger partial charge in [0.2, 0.25) is 0 Å². The number of fused-ring (bicyclic) bond motifs is 2. The minimum absolute atomic E-state index is 0.683. The van der Waals surface area contributed by atoms with Gasteiger partial charge in [0.05, 0.1) is 0 Å². The largest absolute Gasteiger partial charge is 0.0654 e. The standard InChI is InChI=1S/C14H26/c1-5-6-7-11-8-12-9-13(10(11)2)14(12,3)4/h10-13H,5-9H2,1-4H3. The van der Waals surface area contributed by atoms with Crippen molar-refractivity contribution in [3.05, 3.63) is 0 Å². The fourth-order valence-electron chi connectivity index (χ4n) is 4.10. The van der Waals surface area contributed by atoms with E-state index in [0.717, 1.165) is 23.7 Å².